The first-order valence-electron chi connectivity index (χ1n) is 12.7. The molecule has 0 spiro atoms. The van der Waals surface area contributed by atoms with Crippen LogP contribution in [0, 0.1) is 0 Å². The van der Waals surface area contributed by atoms with Gasteiger partial charge in [0.05, 0.1) is 22.9 Å². The number of benzene rings is 1. The molecule has 4 aromatic rings. The van der Waals surface area contributed by atoms with Crippen LogP contribution < -0.4 is 10.5 Å². The Hall–Kier alpha value is -3.99. The van der Waals surface area contributed by atoms with E-state index in [2.05, 4.69) is 15.0 Å². The van der Waals surface area contributed by atoms with Crippen LogP contribution in [0.25, 0.3) is 16.8 Å². The van der Waals surface area contributed by atoms with Gasteiger partial charge < -0.3 is 15.4 Å². The number of hydrogen-bond donors (Lipinski definition) is 1. The topological polar surface area (TPSA) is 112 Å². The molecule has 2 N–H and O–H groups in total. The highest BCUT2D eigenvalue weighted by Gasteiger charge is 2.46. The number of aromatic nitrogens is 5. The lowest BCUT2D eigenvalue weighted by Gasteiger charge is -2.39. The van der Waals surface area contributed by atoms with Gasteiger partial charge >= 0.3 is 6.61 Å². The molecule has 2 unspecified atom stereocenters. The van der Waals surface area contributed by atoms with Gasteiger partial charge in [0.2, 0.25) is 0 Å². The molecule has 1 aliphatic heterocycles. The van der Waals surface area contributed by atoms with Crippen LogP contribution in [0.5, 0.6) is 5.75 Å². The number of carbonyl (C=O) groups excluding carboxylic acids is 1. The zero-order valence-corrected chi connectivity index (χ0v) is 20.6. The summed E-state index contributed by atoms with van der Waals surface area (Å²) in [6.07, 6.45) is 8.81. The summed E-state index contributed by atoms with van der Waals surface area (Å²) in [7, 11) is 1.72. The van der Waals surface area contributed by atoms with Crippen LogP contribution in [-0.4, -0.2) is 55.6 Å². The number of amides is 1. The molecule has 0 saturated heterocycles. The van der Waals surface area contributed by atoms with Gasteiger partial charge in [-0.2, -0.15) is 13.9 Å². The van der Waals surface area contributed by atoms with Crippen LogP contribution in [0.1, 0.15) is 70.6 Å². The zero-order valence-electron chi connectivity index (χ0n) is 20.6. The third-order valence-electron chi connectivity index (χ3n) is 8.49. The number of halogens is 2. The van der Waals surface area contributed by atoms with Gasteiger partial charge in [-0.05, 0) is 37.5 Å². The van der Waals surface area contributed by atoms with Gasteiger partial charge in [-0.15, -0.1) is 0 Å². The van der Waals surface area contributed by atoms with Crippen molar-refractivity contribution in [1.82, 2.24) is 29.5 Å². The maximum atomic E-state index is 13.3. The van der Waals surface area contributed by atoms with Crippen LogP contribution in [0.15, 0.2) is 43.0 Å². The highest BCUT2D eigenvalue weighted by atomic mass is 19.3. The maximum absolute atomic E-state index is 13.3. The summed E-state index contributed by atoms with van der Waals surface area (Å²) in [5.41, 5.74) is 10.6. The molecule has 194 valence electrons. The summed E-state index contributed by atoms with van der Waals surface area (Å²) in [5, 5.41) is 4.76. The molecular weight excluding hydrogens is 492 g/mol. The van der Waals surface area contributed by atoms with E-state index < -0.39 is 6.61 Å². The van der Waals surface area contributed by atoms with E-state index in [4.69, 9.17) is 15.6 Å². The molecule has 3 aliphatic rings. The van der Waals surface area contributed by atoms with E-state index in [1.54, 1.807) is 47.3 Å². The lowest BCUT2D eigenvalue weighted by atomic mass is 9.68. The summed E-state index contributed by atoms with van der Waals surface area (Å²) in [4.78, 5) is 28.8. The number of rotatable bonds is 5. The van der Waals surface area contributed by atoms with Gasteiger partial charge in [0, 0.05) is 59.6 Å². The molecule has 9 nitrogen and oxygen atoms in total. The van der Waals surface area contributed by atoms with Crippen molar-refractivity contribution in [3.8, 4) is 17.0 Å². The van der Waals surface area contributed by atoms with Crippen LogP contribution in [0.4, 0.5) is 8.78 Å². The predicted octanol–water partition coefficient (Wildman–Crippen LogP) is 3.83. The Morgan fingerprint density at radius 1 is 1.18 bits per heavy atom. The molecule has 38 heavy (non-hydrogen) atoms. The van der Waals surface area contributed by atoms with E-state index in [9.17, 15) is 13.6 Å². The molecule has 0 radical (unpaired) electrons. The van der Waals surface area contributed by atoms with Crippen LogP contribution >= 0.6 is 0 Å². The highest BCUT2D eigenvalue weighted by Crippen LogP contribution is 2.53. The molecule has 2 aliphatic carbocycles. The number of alkyl halides is 2. The average Bonchev–Trinajstić information content (AvgIpc) is 3.41. The summed E-state index contributed by atoms with van der Waals surface area (Å²) in [6, 6.07) is 6.35. The van der Waals surface area contributed by atoms with E-state index in [1.807, 2.05) is 6.07 Å². The molecule has 1 aromatic carbocycles. The number of nitrogens with zero attached hydrogens (tertiary/aromatic N) is 6. The van der Waals surface area contributed by atoms with Crippen molar-refractivity contribution < 1.29 is 18.3 Å². The van der Waals surface area contributed by atoms with Crippen molar-refractivity contribution in [2.45, 2.75) is 49.7 Å². The molecule has 7 rings (SSSR count). The summed E-state index contributed by atoms with van der Waals surface area (Å²) >= 11 is 0. The normalized spacial score (nSPS) is 21.3. The van der Waals surface area contributed by atoms with Crippen molar-refractivity contribution in [2.24, 2.45) is 5.73 Å². The summed E-state index contributed by atoms with van der Waals surface area (Å²) in [5.74, 6) is 0.193. The first-order valence-corrected chi connectivity index (χ1v) is 12.7. The van der Waals surface area contributed by atoms with Gasteiger partial charge in [0.25, 0.3) is 5.91 Å². The molecule has 11 heteroatoms. The fourth-order valence-electron chi connectivity index (χ4n) is 6.29. The lowest BCUT2D eigenvalue weighted by molar-refractivity contribution is -0.0505. The molecule has 4 heterocycles. The van der Waals surface area contributed by atoms with E-state index in [-0.39, 0.29) is 29.0 Å². The molecule has 1 saturated carbocycles. The van der Waals surface area contributed by atoms with Crippen LogP contribution in [-0.2, 0) is 5.41 Å². The van der Waals surface area contributed by atoms with E-state index >= 15 is 0 Å². The van der Waals surface area contributed by atoms with Crippen molar-refractivity contribution in [3.05, 3.63) is 71.2 Å². The summed E-state index contributed by atoms with van der Waals surface area (Å²) in [6.45, 7) is -2.48. The highest BCUT2D eigenvalue weighted by molar-refractivity contribution is 5.98. The lowest BCUT2D eigenvalue weighted by Crippen LogP contribution is -2.43. The summed E-state index contributed by atoms with van der Waals surface area (Å²) < 4.78 is 33.2. The van der Waals surface area contributed by atoms with Gasteiger partial charge in [0.15, 0.2) is 0 Å². The second-order valence-corrected chi connectivity index (χ2v) is 10.4. The Morgan fingerprint density at radius 3 is 2.66 bits per heavy atom. The van der Waals surface area contributed by atoms with Gasteiger partial charge in [-0.25, -0.2) is 19.5 Å². The van der Waals surface area contributed by atoms with Crippen molar-refractivity contribution >= 4 is 11.4 Å². The Bertz CT molecular complexity index is 1580. The van der Waals surface area contributed by atoms with E-state index in [0.29, 0.717) is 29.8 Å². The number of fused-ring (bicyclic) bond motifs is 9. The van der Waals surface area contributed by atoms with Crippen LogP contribution in [0.3, 0.4) is 0 Å². The minimum Gasteiger partial charge on any atom is -0.434 e. The predicted molar refractivity (Wildman–Crippen MR) is 133 cm³/mol. The van der Waals surface area contributed by atoms with Crippen molar-refractivity contribution in [2.75, 3.05) is 13.6 Å². The Kier molecular flexibility index (Phi) is 5.03. The molecule has 2 atom stereocenters. The first-order chi connectivity index (χ1) is 18.4. The molecule has 3 aromatic heterocycles. The Morgan fingerprint density at radius 2 is 1.97 bits per heavy atom. The Balaban J connectivity index is 1.35. The molecule has 1 amide bonds. The van der Waals surface area contributed by atoms with Gasteiger partial charge in [-0.1, -0.05) is 12.5 Å². The van der Waals surface area contributed by atoms with Gasteiger partial charge in [-0.3, -0.25) is 4.79 Å². The number of hydrogen-bond acceptors (Lipinski definition) is 7. The second-order valence-electron chi connectivity index (χ2n) is 10.4. The third-order valence-corrected chi connectivity index (χ3v) is 8.49. The smallest absolute Gasteiger partial charge is 0.387 e. The second kappa shape index (κ2) is 8.26. The standard InChI is InChI=1S/C27H25F2N7O2/c1-35-19-8-16(21-15(24(35)37)4-2-5-20(21)38-26(28)29)22-18-9-17(33-13-36(18)34-23(19)22)14-10-31-25(32-11-14)27(12-30)6-3-7-27/h2,4-5,9-11,13,16,19,26H,3,6-8,12,30H2,1H3. The fourth-order valence-corrected chi connectivity index (χ4v) is 6.29. The number of nitrogens with two attached hydrogens (primary N) is 1. The van der Waals surface area contributed by atoms with Gasteiger partial charge in [0.1, 0.15) is 17.9 Å². The fraction of sp³-hybridized carbons (Fsp3) is 0.370. The average molecular weight is 518 g/mol. The number of carbonyl (C=O) groups is 1. The van der Waals surface area contributed by atoms with E-state index in [0.717, 1.165) is 47.4 Å². The quantitative estimate of drug-likeness (QED) is 0.428. The molecule has 1 fully saturated rings. The molecule has 2 bridgehead atoms. The minimum atomic E-state index is -3.00. The number of ether oxygens (including phenoxy) is 1. The third kappa shape index (κ3) is 3.20. The largest absolute Gasteiger partial charge is 0.434 e. The van der Waals surface area contributed by atoms with Crippen molar-refractivity contribution in [1.29, 1.82) is 0 Å². The zero-order chi connectivity index (χ0) is 26.2. The first kappa shape index (κ1) is 23.2. The SMILES string of the molecule is CN1C(=O)c2cccc(OC(F)F)c2C2CC1c1nn3cnc(-c4cnc(C5(CN)CCC5)nc4)cc3c12. The Labute approximate surface area is 216 Å². The van der Waals surface area contributed by atoms with E-state index in [1.165, 1.54) is 6.07 Å². The van der Waals surface area contributed by atoms with Crippen molar-refractivity contribution in [3.63, 3.8) is 0 Å². The monoisotopic (exact) mass is 517 g/mol. The molecular formula is C27H25F2N7O2. The maximum Gasteiger partial charge on any atom is 0.387 e. The minimum absolute atomic E-state index is 0.0141. The van der Waals surface area contributed by atoms with Crippen LogP contribution in [0.2, 0.25) is 0 Å².